The molecule has 0 bridgehead atoms. The number of aliphatic hydroxyl groups is 1. The van der Waals surface area contributed by atoms with Crippen LogP contribution in [0, 0.1) is 0 Å². The molecule has 15 heavy (non-hydrogen) atoms. The van der Waals surface area contributed by atoms with Gasteiger partial charge in [-0.3, -0.25) is 0 Å². The first-order chi connectivity index (χ1) is 7.31. The van der Waals surface area contributed by atoms with E-state index in [0.717, 1.165) is 5.82 Å². The van der Waals surface area contributed by atoms with Gasteiger partial charge in [0.25, 0.3) is 0 Å². The molecule has 2 rings (SSSR count). The molecule has 0 aromatic carbocycles. The summed E-state index contributed by atoms with van der Waals surface area (Å²) in [5.74, 6) is 0.902. The van der Waals surface area contributed by atoms with Gasteiger partial charge in [-0.05, 0) is 25.0 Å². The van der Waals surface area contributed by atoms with Crippen molar-refractivity contribution in [2.45, 2.75) is 38.3 Å². The van der Waals surface area contributed by atoms with Crippen LogP contribution in [0.1, 0.15) is 31.4 Å². The van der Waals surface area contributed by atoms with Crippen LogP contribution in [-0.4, -0.2) is 28.4 Å². The van der Waals surface area contributed by atoms with Crippen LogP contribution < -0.4 is 4.90 Å². The molecule has 0 spiro atoms. The summed E-state index contributed by atoms with van der Waals surface area (Å²) in [5.41, 5.74) is 0.624. The molecule has 1 fully saturated rings. The van der Waals surface area contributed by atoms with Gasteiger partial charge in [-0.15, -0.1) is 5.10 Å². The molecule has 0 aliphatic heterocycles. The Morgan fingerprint density at radius 1 is 1.33 bits per heavy atom. The molecule has 0 atom stereocenters. The number of nitrogens with zero attached hydrogens (tertiary/aromatic N) is 3. The zero-order chi connectivity index (χ0) is 10.7. The monoisotopic (exact) mass is 207 g/mol. The summed E-state index contributed by atoms with van der Waals surface area (Å²) in [5, 5.41) is 16.9. The van der Waals surface area contributed by atoms with E-state index in [9.17, 15) is 0 Å². The first-order valence-electron chi connectivity index (χ1n) is 5.47. The van der Waals surface area contributed by atoms with Gasteiger partial charge in [0.1, 0.15) is 0 Å². The maximum atomic E-state index is 8.86. The average Bonchev–Trinajstić information content (AvgIpc) is 2.82. The molecule has 4 heteroatoms. The van der Waals surface area contributed by atoms with Crippen molar-refractivity contribution in [3.8, 4) is 0 Å². The Kier molecular flexibility index (Phi) is 3.16. The Labute approximate surface area is 89.9 Å². The second-order valence-electron chi connectivity index (χ2n) is 4.09. The van der Waals surface area contributed by atoms with Crippen molar-refractivity contribution >= 4 is 5.82 Å². The summed E-state index contributed by atoms with van der Waals surface area (Å²) in [6.07, 6.45) is 5.13. The molecule has 1 aromatic rings. The highest BCUT2D eigenvalue weighted by atomic mass is 16.3. The number of hydrogen-bond donors (Lipinski definition) is 1. The fourth-order valence-electron chi connectivity index (χ4n) is 2.10. The van der Waals surface area contributed by atoms with E-state index in [2.05, 4.69) is 22.1 Å². The molecular weight excluding hydrogens is 190 g/mol. The van der Waals surface area contributed by atoms with Gasteiger partial charge >= 0.3 is 0 Å². The van der Waals surface area contributed by atoms with Gasteiger partial charge in [-0.2, -0.15) is 5.10 Å². The maximum Gasteiger partial charge on any atom is 0.151 e. The first-order valence-corrected chi connectivity index (χ1v) is 5.47. The fourth-order valence-corrected chi connectivity index (χ4v) is 2.10. The summed E-state index contributed by atoms with van der Waals surface area (Å²) < 4.78 is 0. The van der Waals surface area contributed by atoms with Crippen molar-refractivity contribution in [1.29, 1.82) is 0 Å². The summed E-state index contributed by atoms with van der Waals surface area (Å²) >= 11 is 0. The van der Waals surface area contributed by atoms with Gasteiger partial charge < -0.3 is 10.0 Å². The Balaban J connectivity index is 2.07. The van der Waals surface area contributed by atoms with E-state index in [4.69, 9.17) is 5.11 Å². The average molecular weight is 207 g/mol. The largest absolute Gasteiger partial charge is 0.390 e. The van der Waals surface area contributed by atoms with Crippen LogP contribution in [0.15, 0.2) is 12.1 Å². The molecule has 82 valence electrons. The topological polar surface area (TPSA) is 49.2 Å². The number of hydrogen-bond acceptors (Lipinski definition) is 4. The molecule has 1 N–H and O–H groups in total. The molecule has 1 heterocycles. The summed E-state index contributed by atoms with van der Waals surface area (Å²) in [4.78, 5) is 2.20. The molecule has 0 unspecified atom stereocenters. The third kappa shape index (κ3) is 2.26. The lowest BCUT2D eigenvalue weighted by atomic mass is 10.2. The molecule has 1 saturated carbocycles. The molecule has 4 nitrogen and oxygen atoms in total. The lowest BCUT2D eigenvalue weighted by Crippen LogP contribution is -2.29. The van der Waals surface area contributed by atoms with E-state index >= 15 is 0 Å². The Morgan fingerprint density at radius 3 is 2.60 bits per heavy atom. The first kappa shape index (κ1) is 10.4. The molecule has 1 aromatic heterocycles. The zero-order valence-electron chi connectivity index (χ0n) is 9.06. The fraction of sp³-hybridized carbons (Fsp3) is 0.636. The molecular formula is C11H17N3O. The zero-order valence-corrected chi connectivity index (χ0v) is 9.06. The van der Waals surface area contributed by atoms with Crippen molar-refractivity contribution in [3.05, 3.63) is 17.8 Å². The predicted octanol–water partition coefficient (Wildman–Crippen LogP) is 1.35. The van der Waals surface area contributed by atoms with Crippen LogP contribution in [0.3, 0.4) is 0 Å². The highest BCUT2D eigenvalue weighted by Gasteiger charge is 2.20. The number of aliphatic hydroxyl groups excluding tert-OH is 1. The lowest BCUT2D eigenvalue weighted by molar-refractivity contribution is 0.275. The van der Waals surface area contributed by atoms with Crippen molar-refractivity contribution in [1.82, 2.24) is 10.2 Å². The van der Waals surface area contributed by atoms with Crippen molar-refractivity contribution in [3.63, 3.8) is 0 Å². The highest BCUT2D eigenvalue weighted by molar-refractivity contribution is 5.37. The number of rotatable bonds is 3. The van der Waals surface area contributed by atoms with Gasteiger partial charge in [0.2, 0.25) is 0 Å². The van der Waals surface area contributed by atoms with Crippen LogP contribution in [0.25, 0.3) is 0 Å². The van der Waals surface area contributed by atoms with Crippen molar-refractivity contribution in [2.75, 3.05) is 11.9 Å². The minimum atomic E-state index is -0.0412. The molecule has 0 radical (unpaired) electrons. The van der Waals surface area contributed by atoms with E-state index in [0.29, 0.717) is 11.7 Å². The maximum absolute atomic E-state index is 8.86. The third-order valence-corrected chi connectivity index (χ3v) is 3.10. The quantitative estimate of drug-likeness (QED) is 0.812. The van der Waals surface area contributed by atoms with Gasteiger partial charge in [-0.1, -0.05) is 12.8 Å². The number of aromatic nitrogens is 2. The minimum Gasteiger partial charge on any atom is -0.390 e. The van der Waals surface area contributed by atoms with Crippen molar-refractivity contribution < 1.29 is 5.11 Å². The van der Waals surface area contributed by atoms with Gasteiger partial charge in [0, 0.05) is 13.1 Å². The lowest BCUT2D eigenvalue weighted by Gasteiger charge is -2.24. The van der Waals surface area contributed by atoms with E-state index in [-0.39, 0.29) is 6.61 Å². The van der Waals surface area contributed by atoms with Crippen LogP contribution in [-0.2, 0) is 6.61 Å². The normalized spacial score (nSPS) is 16.9. The Hall–Kier alpha value is -1.16. The number of anilines is 1. The van der Waals surface area contributed by atoms with Gasteiger partial charge in [0.05, 0.1) is 12.3 Å². The Bertz CT molecular complexity index is 306. The second kappa shape index (κ2) is 4.57. The molecule has 0 saturated heterocycles. The van der Waals surface area contributed by atoms with E-state index in [1.54, 1.807) is 0 Å². The van der Waals surface area contributed by atoms with Crippen LogP contribution >= 0.6 is 0 Å². The SMILES string of the molecule is CN(c1ccc(CO)nn1)C1CCCC1. The standard InChI is InChI=1S/C11H17N3O/c1-14(10-4-2-3-5-10)11-7-6-9(8-15)12-13-11/h6-7,10,15H,2-5,8H2,1H3. The molecule has 1 aliphatic rings. The summed E-state index contributed by atoms with van der Waals surface area (Å²) in [7, 11) is 2.07. The van der Waals surface area contributed by atoms with Gasteiger partial charge in [-0.25, -0.2) is 0 Å². The summed E-state index contributed by atoms with van der Waals surface area (Å²) in [6.45, 7) is -0.0412. The van der Waals surface area contributed by atoms with E-state index in [1.807, 2.05) is 12.1 Å². The van der Waals surface area contributed by atoms with Crippen LogP contribution in [0.4, 0.5) is 5.82 Å². The highest BCUT2D eigenvalue weighted by Crippen LogP contribution is 2.25. The molecule has 0 amide bonds. The van der Waals surface area contributed by atoms with Crippen LogP contribution in [0.5, 0.6) is 0 Å². The molecule has 1 aliphatic carbocycles. The van der Waals surface area contributed by atoms with E-state index < -0.39 is 0 Å². The Morgan fingerprint density at radius 2 is 2.07 bits per heavy atom. The van der Waals surface area contributed by atoms with Gasteiger partial charge in [0.15, 0.2) is 5.82 Å². The second-order valence-corrected chi connectivity index (χ2v) is 4.09. The van der Waals surface area contributed by atoms with E-state index in [1.165, 1.54) is 25.7 Å². The summed E-state index contributed by atoms with van der Waals surface area (Å²) in [6, 6.07) is 4.37. The predicted molar refractivity (Wildman–Crippen MR) is 58.6 cm³/mol. The van der Waals surface area contributed by atoms with Crippen molar-refractivity contribution in [2.24, 2.45) is 0 Å². The van der Waals surface area contributed by atoms with Crippen LogP contribution in [0.2, 0.25) is 0 Å². The minimum absolute atomic E-state index is 0.0412. The smallest absolute Gasteiger partial charge is 0.151 e. The third-order valence-electron chi connectivity index (χ3n) is 3.10.